The molecule has 90 valence electrons. The SMILES string of the molecule is CC(C)P1C(C)(C)CC(F)(F)CC1(C)C. The van der Waals surface area contributed by atoms with Crippen molar-refractivity contribution < 1.29 is 8.78 Å². The molecule has 0 aromatic carbocycles. The molecule has 0 nitrogen and oxygen atoms in total. The van der Waals surface area contributed by atoms with Gasteiger partial charge in [0, 0.05) is 12.8 Å². The lowest BCUT2D eigenvalue weighted by Gasteiger charge is -2.54. The highest BCUT2D eigenvalue weighted by Gasteiger charge is 2.55. The van der Waals surface area contributed by atoms with Gasteiger partial charge in [-0.25, -0.2) is 8.78 Å². The third-order valence-corrected chi connectivity index (χ3v) is 7.16. The van der Waals surface area contributed by atoms with Crippen molar-refractivity contribution in [3.8, 4) is 0 Å². The van der Waals surface area contributed by atoms with E-state index in [1.54, 1.807) is 0 Å². The third-order valence-electron chi connectivity index (χ3n) is 3.20. The van der Waals surface area contributed by atoms with Crippen molar-refractivity contribution >= 4 is 7.92 Å². The Morgan fingerprint density at radius 2 is 1.27 bits per heavy atom. The lowest BCUT2D eigenvalue weighted by molar-refractivity contribution is -0.0378. The standard InChI is InChI=1S/C12H23F2P/c1-9(2)15-10(3,4)7-12(13,14)8-11(15,5)6/h9H,7-8H2,1-6H3. The van der Waals surface area contributed by atoms with Gasteiger partial charge in [0.1, 0.15) is 0 Å². The largest absolute Gasteiger partial charge is 0.249 e. The molecular weight excluding hydrogens is 213 g/mol. The van der Waals surface area contributed by atoms with Gasteiger partial charge >= 0.3 is 0 Å². The van der Waals surface area contributed by atoms with Crippen LogP contribution in [-0.2, 0) is 0 Å². The normalized spacial score (nSPS) is 29.4. The molecule has 0 radical (unpaired) electrons. The summed E-state index contributed by atoms with van der Waals surface area (Å²) in [6.45, 7) is 12.4. The number of hydrogen-bond donors (Lipinski definition) is 0. The van der Waals surface area contributed by atoms with Gasteiger partial charge in [-0.15, -0.1) is 0 Å². The molecule has 0 N–H and O–H groups in total. The monoisotopic (exact) mass is 236 g/mol. The fourth-order valence-corrected chi connectivity index (χ4v) is 8.95. The van der Waals surface area contributed by atoms with Crippen LogP contribution in [0.3, 0.4) is 0 Å². The Morgan fingerprint density at radius 3 is 1.53 bits per heavy atom. The Bertz CT molecular complexity index is 224. The Kier molecular flexibility index (Phi) is 3.25. The molecule has 0 aliphatic carbocycles. The fourth-order valence-electron chi connectivity index (χ4n) is 3.72. The van der Waals surface area contributed by atoms with Crippen molar-refractivity contribution in [2.45, 2.75) is 76.3 Å². The number of halogens is 2. The van der Waals surface area contributed by atoms with E-state index in [1.165, 1.54) is 0 Å². The Balaban J connectivity index is 3.07. The first-order chi connectivity index (χ1) is 6.48. The molecule has 0 bridgehead atoms. The van der Waals surface area contributed by atoms with Crippen LogP contribution < -0.4 is 0 Å². The average molecular weight is 236 g/mol. The lowest BCUT2D eigenvalue weighted by atomic mass is 9.94. The van der Waals surface area contributed by atoms with E-state index >= 15 is 0 Å². The van der Waals surface area contributed by atoms with Gasteiger partial charge in [0.2, 0.25) is 5.92 Å². The summed E-state index contributed by atoms with van der Waals surface area (Å²) in [6, 6.07) is 0. The topological polar surface area (TPSA) is 0 Å². The van der Waals surface area contributed by atoms with Crippen molar-refractivity contribution in [1.82, 2.24) is 0 Å². The molecule has 0 aromatic rings. The number of alkyl halides is 2. The molecule has 0 amide bonds. The van der Waals surface area contributed by atoms with Gasteiger partial charge in [-0.2, -0.15) is 0 Å². The summed E-state index contributed by atoms with van der Waals surface area (Å²) in [7, 11) is -0.356. The maximum Gasteiger partial charge on any atom is 0.249 e. The molecule has 1 rings (SSSR count). The van der Waals surface area contributed by atoms with E-state index in [4.69, 9.17) is 0 Å². The highest BCUT2D eigenvalue weighted by molar-refractivity contribution is 7.61. The lowest BCUT2D eigenvalue weighted by Crippen LogP contribution is -2.47. The van der Waals surface area contributed by atoms with Crippen LogP contribution in [0.15, 0.2) is 0 Å². The first-order valence-electron chi connectivity index (χ1n) is 5.65. The van der Waals surface area contributed by atoms with Crippen molar-refractivity contribution in [2.24, 2.45) is 0 Å². The zero-order valence-electron chi connectivity index (χ0n) is 10.7. The van der Waals surface area contributed by atoms with Crippen LogP contribution in [0.1, 0.15) is 54.4 Å². The fraction of sp³-hybridized carbons (Fsp3) is 1.00. The van der Waals surface area contributed by atoms with E-state index in [2.05, 4.69) is 13.8 Å². The van der Waals surface area contributed by atoms with Gasteiger partial charge in [-0.3, -0.25) is 0 Å². The number of hydrogen-bond acceptors (Lipinski definition) is 0. The van der Waals surface area contributed by atoms with E-state index in [1.807, 2.05) is 27.7 Å². The predicted molar refractivity (Wildman–Crippen MR) is 64.4 cm³/mol. The Morgan fingerprint density at radius 1 is 0.933 bits per heavy atom. The maximum atomic E-state index is 13.6. The molecule has 0 unspecified atom stereocenters. The first kappa shape index (κ1) is 13.4. The third kappa shape index (κ3) is 2.70. The molecule has 1 fully saturated rings. The summed E-state index contributed by atoms with van der Waals surface area (Å²) in [6.07, 6.45) is 0.126. The molecule has 0 aromatic heterocycles. The van der Waals surface area contributed by atoms with E-state index < -0.39 is 5.92 Å². The molecular formula is C12H23F2P. The van der Waals surface area contributed by atoms with Crippen molar-refractivity contribution in [3.63, 3.8) is 0 Å². The van der Waals surface area contributed by atoms with E-state index in [0.29, 0.717) is 5.66 Å². The van der Waals surface area contributed by atoms with Gasteiger partial charge in [0.25, 0.3) is 0 Å². The minimum absolute atomic E-state index is 0.0628. The molecule has 1 heterocycles. The van der Waals surface area contributed by atoms with Gasteiger partial charge in [0.05, 0.1) is 0 Å². The highest BCUT2D eigenvalue weighted by atomic mass is 31.1. The summed E-state index contributed by atoms with van der Waals surface area (Å²) < 4.78 is 27.3. The molecule has 3 heteroatoms. The Hall–Kier alpha value is 0.290. The molecule has 1 aliphatic heterocycles. The average Bonchev–Trinajstić information content (AvgIpc) is 1.71. The summed E-state index contributed by atoms with van der Waals surface area (Å²) in [4.78, 5) is 0. The summed E-state index contributed by atoms with van der Waals surface area (Å²) in [5, 5.41) is -0.399. The van der Waals surface area contributed by atoms with Crippen molar-refractivity contribution in [2.75, 3.05) is 0 Å². The van der Waals surface area contributed by atoms with Crippen LogP contribution in [0.4, 0.5) is 8.78 Å². The summed E-state index contributed by atoms with van der Waals surface area (Å²) in [5.74, 6) is -2.47. The molecule has 1 aliphatic rings. The Labute approximate surface area is 93.6 Å². The highest BCUT2D eigenvalue weighted by Crippen LogP contribution is 2.70. The van der Waals surface area contributed by atoms with Crippen LogP contribution in [-0.4, -0.2) is 21.9 Å². The van der Waals surface area contributed by atoms with Gasteiger partial charge < -0.3 is 0 Å². The van der Waals surface area contributed by atoms with Crippen LogP contribution in [0.2, 0.25) is 0 Å². The van der Waals surface area contributed by atoms with Gasteiger partial charge in [-0.05, 0) is 16.0 Å². The van der Waals surface area contributed by atoms with Crippen LogP contribution in [0.25, 0.3) is 0 Å². The quantitative estimate of drug-likeness (QED) is 0.570. The van der Waals surface area contributed by atoms with E-state index in [0.717, 1.165) is 0 Å². The molecule has 0 saturated carbocycles. The molecule has 0 spiro atoms. The summed E-state index contributed by atoms with van der Waals surface area (Å²) in [5.41, 5.74) is 0.529. The minimum Gasteiger partial charge on any atom is -0.207 e. The van der Waals surface area contributed by atoms with E-state index in [-0.39, 0.29) is 31.1 Å². The van der Waals surface area contributed by atoms with Crippen molar-refractivity contribution in [3.05, 3.63) is 0 Å². The second-order valence-corrected chi connectivity index (χ2v) is 10.5. The first-order valence-corrected chi connectivity index (χ1v) is 7.06. The zero-order valence-corrected chi connectivity index (χ0v) is 11.6. The van der Waals surface area contributed by atoms with E-state index in [9.17, 15) is 8.78 Å². The van der Waals surface area contributed by atoms with Gasteiger partial charge in [0.15, 0.2) is 0 Å². The molecule has 0 atom stereocenters. The summed E-state index contributed by atoms with van der Waals surface area (Å²) >= 11 is 0. The number of rotatable bonds is 1. The van der Waals surface area contributed by atoms with Gasteiger partial charge in [-0.1, -0.05) is 49.5 Å². The minimum atomic E-state index is -2.47. The van der Waals surface area contributed by atoms with Crippen LogP contribution in [0, 0.1) is 0 Å². The second kappa shape index (κ2) is 3.65. The molecule has 15 heavy (non-hydrogen) atoms. The zero-order chi connectivity index (χ0) is 12.1. The van der Waals surface area contributed by atoms with Crippen LogP contribution >= 0.6 is 7.92 Å². The smallest absolute Gasteiger partial charge is 0.207 e. The predicted octanol–water partition coefficient (Wildman–Crippen LogP) is 4.86. The van der Waals surface area contributed by atoms with Crippen LogP contribution in [0.5, 0.6) is 0 Å². The van der Waals surface area contributed by atoms with Crippen molar-refractivity contribution in [1.29, 1.82) is 0 Å². The maximum absolute atomic E-state index is 13.6. The molecule has 1 saturated heterocycles. The second-order valence-electron chi connectivity index (χ2n) is 6.30.